The second-order valence-electron chi connectivity index (χ2n) is 5.27. The summed E-state index contributed by atoms with van der Waals surface area (Å²) in [5, 5.41) is 0. The lowest BCUT2D eigenvalue weighted by molar-refractivity contribution is 0.104. The minimum Gasteiger partial charge on any atom is -0.489 e. The molecule has 0 saturated heterocycles. The van der Waals surface area contributed by atoms with Crippen LogP contribution in [-0.4, -0.2) is 5.78 Å². The third-order valence-electron chi connectivity index (χ3n) is 3.02. The Kier molecular flexibility index (Phi) is 5.33. The number of ketones is 1. The maximum atomic E-state index is 11.9. The van der Waals surface area contributed by atoms with Gasteiger partial charge in [0.1, 0.15) is 12.4 Å². The maximum absolute atomic E-state index is 11.9. The Labute approximate surface area is 126 Å². The van der Waals surface area contributed by atoms with Crippen molar-refractivity contribution < 1.29 is 9.53 Å². The average Bonchev–Trinajstić information content (AvgIpc) is 2.52. The van der Waals surface area contributed by atoms with E-state index in [-0.39, 0.29) is 5.78 Å². The molecule has 0 aliphatic heterocycles. The van der Waals surface area contributed by atoms with Crippen LogP contribution < -0.4 is 4.74 Å². The van der Waals surface area contributed by atoms with E-state index >= 15 is 0 Å². The van der Waals surface area contributed by atoms with Crippen molar-refractivity contribution >= 4 is 5.78 Å². The van der Waals surface area contributed by atoms with Gasteiger partial charge in [0, 0.05) is 5.56 Å². The van der Waals surface area contributed by atoms with Crippen LogP contribution in [0.15, 0.2) is 66.7 Å². The standard InChI is InChI=1S/C19H20O2/c1-15(2)8-13-19(20)17-9-11-18(12-10-17)21-14-16-6-4-3-5-7-16/h3-13,15H,14H2,1-2H3. The second kappa shape index (κ2) is 7.44. The molecule has 0 aliphatic carbocycles. The third kappa shape index (κ3) is 4.92. The molecule has 0 radical (unpaired) electrons. The molecule has 0 unspecified atom stereocenters. The summed E-state index contributed by atoms with van der Waals surface area (Å²) in [5.41, 5.74) is 1.80. The number of hydrogen-bond donors (Lipinski definition) is 0. The van der Waals surface area contributed by atoms with E-state index in [0.29, 0.717) is 18.1 Å². The highest BCUT2D eigenvalue weighted by Gasteiger charge is 2.02. The molecule has 0 atom stereocenters. The van der Waals surface area contributed by atoms with E-state index in [1.165, 1.54) is 0 Å². The van der Waals surface area contributed by atoms with Crippen molar-refractivity contribution in [3.8, 4) is 5.75 Å². The second-order valence-corrected chi connectivity index (χ2v) is 5.27. The summed E-state index contributed by atoms with van der Waals surface area (Å²) < 4.78 is 5.70. The Bertz CT molecular complexity index is 595. The van der Waals surface area contributed by atoms with E-state index in [1.54, 1.807) is 18.2 Å². The highest BCUT2D eigenvalue weighted by molar-refractivity contribution is 6.04. The minimum absolute atomic E-state index is 0.0262. The van der Waals surface area contributed by atoms with Gasteiger partial charge in [-0.15, -0.1) is 0 Å². The summed E-state index contributed by atoms with van der Waals surface area (Å²) in [6.07, 6.45) is 3.53. The summed E-state index contributed by atoms with van der Waals surface area (Å²) in [4.78, 5) is 11.9. The van der Waals surface area contributed by atoms with Crippen LogP contribution in [0.1, 0.15) is 29.8 Å². The molecular weight excluding hydrogens is 260 g/mol. The Hall–Kier alpha value is -2.35. The van der Waals surface area contributed by atoms with Crippen LogP contribution in [0.5, 0.6) is 5.75 Å². The van der Waals surface area contributed by atoms with Gasteiger partial charge in [0.25, 0.3) is 0 Å². The van der Waals surface area contributed by atoms with Gasteiger partial charge in [-0.1, -0.05) is 50.3 Å². The zero-order valence-corrected chi connectivity index (χ0v) is 12.5. The van der Waals surface area contributed by atoms with Crippen LogP contribution in [0, 0.1) is 5.92 Å². The van der Waals surface area contributed by atoms with Crippen LogP contribution in [-0.2, 0) is 6.61 Å². The molecule has 21 heavy (non-hydrogen) atoms. The Morgan fingerprint density at radius 2 is 1.71 bits per heavy atom. The summed E-state index contributed by atoms with van der Waals surface area (Å²) in [6, 6.07) is 17.3. The number of benzene rings is 2. The van der Waals surface area contributed by atoms with Gasteiger partial charge in [0.15, 0.2) is 5.78 Å². The first kappa shape index (κ1) is 15.0. The van der Waals surface area contributed by atoms with E-state index in [0.717, 1.165) is 11.3 Å². The molecule has 0 bridgehead atoms. The normalized spacial score (nSPS) is 11.0. The van der Waals surface area contributed by atoms with Crippen molar-refractivity contribution in [2.45, 2.75) is 20.5 Å². The van der Waals surface area contributed by atoms with Crippen molar-refractivity contribution in [2.75, 3.05) is 0 Å². The van der Waals surface area contributed by atoms with Crippen LogP contribution in [0.3, 0.4) is 0 Å². The minimum atomic E-state index is 0.0262. The largest absolute Gasteiger partial charge is 0.489 e. The van der Waals surface area contributed by atoms with Crippen LogP contribution in [0.2, 0.25) is 0 Å². The Morgan fingerprint density at radius 1 is 1.05 bits per heavy atom. The molecule has 0 spiro atoms. The van der Waals surface area contributed by atoms with Gasteiger partial charge < -0.3 is 4.74 Å². The van der Waals surface area contributed by atoms with Gasteiger partial charge >= 0.3 is 0 Å². The molecule has 0 aromatic heterocycles. The fourth-order valence-electron chi connectivity index (χ4n) is 1.83. The summed E-state index contributed by atoms with van der Waals surface area (Å²) in [5.74, 6) is 1.17. The van der Waals surface area contributed by atoms with E-state index in [9.17, 15) is 4.79 Å². The van der Waals surface area contributed by atoms with Crippen molar-refractivity contribution in [3.05, 3.63) is 77.9 Å². The molecule has 0 aliphatic rings. The molecule has 0 N–H and O–H groups in total. The zero-order chi connectivity index (χ0) is 15.1. The summed E-state index contributed by atoms with van der Waals surface area (Å²) in [6.45, 7) is 4.62. The first-order valence-electron chi connectivity index (χ1n) is 7.14. The topological polar surface area (TPSA) is 26.3 Å². The lowest BCUT2D eigenvalue weighted by Gasteiger charge is -2.06. The van der Waals surface area contributed by atoms with Crippen molar-refractivity contribution in [1.29, 1.82) is 0 Å². The highest BCUT2D eigenvalue weighted by Crippen LogP contribution is 2.15. The van der Waals surface area contributed by atoms with Crippen molar-refractivity contribution in [1.82, 2.24) is 0 Å². The first-order chi connectivity index (χ1) is 10.1. The predicted octanol–water partition coefficient (Wildman–Crippen LogP) is 4.66. The molecular formula is C19H20O2. The number of carbonyl (C=O) groups excluding carboxylic acids is 1. The van der Waals surface area contributed by atoms with Gasteiger partial charge in [-0.3, -0.25) is 4.79 Å². The fraction of sp³-hybridized carbons (Fsp3) is 0.211. The van der Waals surface area contributed by atoms with Crippen LogP contribution in [0.25, 0.3) is 0 Å². The predicted molar refractivity (Wildman–Crippen MR) is 85.5 cm³/mol. The van der Waals surface area contributed by atoms with Gasteiger partial charge in [-0.2, -0.15) is 0 Å². The molecule has 0 heterocycles. The maximum Gasteiger partial charge on any atom is 0.185 e. The van der Waals surface area contributed by atoms with Gasteiger partial charge in [0.05, 0.1) is 0 Å². The van der Waals surface area contributed by atoms with Gasteiger partial charge in [-0.05, 0) is 41.8 Å². The fourth-order valence-corrected chi connectivity index (χ4v) is 1.83. The van der Waals surface area contributed by atoms with E-state index in [2.05, 4.69) is 0 Å². The quantitative estimate of drug-likeness (QED) is 0.568. The molecule has 2 rings (SSSR count). The smallest absolute Gasteiger partial charge is 0.185 e. The van der Waals surface area contributed by atoms with Crippen molar-refractivity contribution in [3.63, 3.8) is 0 Å². The number of allylic oxidation sites excluding steroid dienone is 2. The highest BCUT2D eigenvalue weighted by atomic mass is 16.5. The molecule has 0 saturated carbocycles. The molecule has 2 aromatic rings. The number of ether oxygens (including phenoxy) is 1. The molecule has 2 aromatic carbocycles. The molecule has 0 amide bonds. The Balaban J connectivity index is 1.94. The SMILES string of the molecule is CC(C)C=CC(=O)c1ccc(OCc2ccccc2)cc1. The van der Waals surface area contributed by atoms with Crippen molar-refractivity contribution in [2.24, 2.45) is 5.92 Å². The molecule has 108 valence electrons. The Morgan fingerprint density at radius 3 is 2.33 bits per heavy atom. The molecule has 0 fully saturated rings. The number of carbonyl (C=O) groups is 1. The number of hydrogen-bond acceptors (Lipinski definition) is 2. The first-order valence-corrected chi connectivity index (χ1v) is 7.14. The van der Waals surface area contributed by atoms with Gasteiger partial charge in [-0.25, -0.2) is 0 Å². The van der Waals surface area contributed by atoms with E-state index < -0.39 is 0 Å². The summed E-state index contributed by atoms with van der Waals surface area (Å²) in [7, 11) is 0. The lowest BCUT2D eigenvalue weighted by atomic mass is 10.1. The molecule has 2 heteroatoms. The van der Waals surface area contributed by atoms with E-state index in [4.69, 9.17) is 4.74 Å². The molecule has 2 nitrogen and oxygen atoms in total. The number of rotatable bonds is 6. The average molecular weight is 280 g/mol. The third-order valence-corrected chi connectivity index (χ3v) is 3.02. The monoisotopic (exact) mass is 280 g/mol. The zero-order valence-electron chi connectivity index (χ0n) is 12.5. The van der Waals surface area contributed by atoms with Crippen LogP contribution in [0.4, 0.5) is 0 Å². The lowest BCUT2D eigenvalue weighted by Crippen LogP contribution is -1.97. The summed E-state index contributed by atoms with van der Waals surface area (Å²) >= 11 is 0. The van der Waals surface area contributed by atoms with Crippen LogP contribution >= 0.6 is 0 Å². The van der Waals surface area contributed by atoms with E-state index in [1.807, 2.05) is 62.4 Å². The van der Waals surface area contributed by atoms with Gasteiger partial charge in [0.2, 0.25) is 0 Å².